The number of anilines is 1. The Morgan fingerprint density at radius 3 is 2.76 bits per heavy atom. The number of rotatable bonds is 10. The van der Waals surface area contributed by atoms with Gasteiger partial charge in [-0.2, -0.15) is 0 Å². The molecule has 1 aromatic carbocycles. The van der Waals surface area contributed by atoms with Crippen LogP contribution in [0.15, 0.2) is 41.3 Å². The van der Waals surface area contributed by atoms with Gasteiger partial charge in [-0.1, -0.05) is 50.8 Å². The lowest BCUT2D eigenvalue weighted by atomic mass is 9.76. The van der Waals surface area contributed by atoms with E-state index in [1.807, 2.05) is 6.08 Å². The molecule has 0 saturated carbocycles. The molecule has 0 aromatic heterocycles. The van der Waals surface area contributed by atoms with Crippen LogP contribution in [0.25, 0.3) is 0 Å². The number of ether oxygens (including phenoxy) is 1. The molecule has 1 aromatic rings. The predicted molar refractivity (Wildman–Crippen MR) is 129 cm³/mol. The van der Waals surface area contributed by atoms with E-state index in [1.54, 1.807) is 17.8 Å². The molecule has 1 aliphatic rings. The van der Waals surface area contributed by atoms with E-state index in [0.29, 0.717) is 12.0 Å². The maximum atomic E-state index is 5.96. The highest BCUT2D eigenvalue weighted by Gasteiger charge is 2.33. The summed E-state index contributed by atoms with van der Waals surface area (Å²) in [4.78, 5) is 3.81. The van der Waals surface area contributed by atoms with E-state index >= 15 is 0 Å². The summed E-state index contributed by atoms with van der Waals surface area (Å²) in [5, 5.41) is 0. The van der Waals surface area contributed by atoms with Crippen LogP contribution in [0.4, 0.5) is 5.69 Å². The van der Waals surface area contributed by atoms with Gasteiger partial charge < -0.3 is 9.64 Å². The lowest BCUT2D eigenvalue weighted by molar-refractivity contribution is 0.232. The predicted octanol–water partition coefficient (Wildman–Crippen LogP) is 6.89. The van der Waals surface area contributed by atoms with Gasteiger partial charge in [0.15, 0.2) is 0 Å². The average Bonchev–Trinajstić information content (AvgIpc) is 2.89. The van der Waals surface area contributed by atoms with Crippen molar-refractivity contribution in [2.75, 3.05) is 30.9 Å². The van der Waals surface area contributed by atoms with Gasteiger partial charge in [0.25, 0.3) is 0 Å². The largest absolute Gasteiger partial charge is 0.493 e. The van der Waals surface area contributed by atoms with Crippen LogP contribution in [0.1, 0.15) is 58.4 Å². The van der Waals surface area contributed by atoms with Crippen molar-refractivity contribution in [2.24, 2.45) is 5.41 Å². The maximum Gasteiger partial charge on any atom is 0.133 e. The highest BCUT2D eigenvalue weighted by molar-refractivity contribution is 7.98. The molecule has 1 aliphatic heterocycles. The summed E-state index contributed by atoms with van der Waals surface area (Å²) in [5.41, 5.74) is 3.17. The SMILES string of the molecule is C#C/C=C\C=C/CN1CC(CC)(CCCC)CCc2cc(OCC)c(SC)cc21. The number of nitrogens with zero attached hydrogens (tertiary/aromatic N) is 1. The van der Waals surface area contributed by atoms with Crippen molar-refractivity contribution in [1.29, 1.82) is 0 Å². The number of hydrogen-bond donors (Lipinski definition) is 0. The number of aryl methyl sites for hydroxylation is 1. The van der Waals surface area contributed by atoms with Gasteiger partial charge in [-0.15, -0.1) is 18.2 Å². The fraction of sp³-hybridized carbons (Fsp3) is 0.538. The summed E-state index contributed by atoms with van der Waals surface area (Å²) in [6.45, 7) is 9.44. The molecule has 0 saturated heterocycles. The van der Waals surface area contributed by atoms with E-state index in [1.165, 1.54) is 48.3 Å². The minimum Gasteiger partial charge on any atom is -0.493 e. The molecule has 0 N–H and O–H groups in total. The van der Waals surface area contributed by atoms with Crippen molar-refractivity contribution >= 4 is 17.4 Å². The lowest BCUT2D eigenvalue weighted by Gasteiger charge is -2.37. The summed E-state index contributed by atoms with van der Waals surface area (Å²) in [7, 11) is 0. The first-order valence-corrected chi connectivity index (χ1v) is 12.2. The highest BCUT2D eigenvalue weighted by atomic mass is 32.2. The third-order valence-electron chi connectivity index (χ3n) is 6.03. The lowest BCUT2D eigenvalue weighted by Crippen LogP contribution is -2.37. The van der Waals surface area contributed by atoms with E-state index in [2.05, 4.69) is 62.1 Å². The maximum absolute atomic E-state index is 5.96. The Kier molecular flexibility index (Phi) is 9.74. The third kappa shape index (κ3) is 6.34. The zero-order valence-corrected chi connectivity index (χ0v) is 19.5. The van der Waals surface area contributed by atoms with Crippen LogP contribution >= 0.6 is 11.8 Å². The van der Waals surface area contributed by atoms with Gasteiger partial charge >= 0.3 is 0 Å². The molecule has 0 aliphatic carbocycles. The molecule has 1 unspecified atom stereocenters. The fourth-order valence-electron chi connectivity index (χ4n) is 4.24. The number of thioether (sulfide) groups is 1. The van der Waals surface area contributed by atoms with E-state index in [0.717, 1.165) is 25.3 Å². The van der Waals surface area contributed by atoms with Crippen LogP contribution < -0.4 is 9.64 Å². The van der Waals surface area contributed by atoms with Crippen molar-refractivity contribution in [3.63, 3.8) is 0 Å². The van der Waals surface area contributed by atoms with Crippen LogP contribution in [0.3, 0.4) is 0 Å². The molecule has 0 radical (unpaired) electrons. The topological polar surface area (TPSA) is 12.5 Å². The second kappa shape index (κ2) is 12.0. The van der Waals surface area contributed by atoms with E-state index in [9.17, 15) is 0 Å². The fourth-order valence-corrected chi connectivity index (χ4v) is 4.79. The molecule has 1 heterocycles. The quantitative estimate of drug-likeness (QED) is 0.236. The Labute approximate surface area is 182 Å². The van der Waals surface area contributed by atoms with Gasteiger partial charge in [-0.3, -0.25) is 0 Å². The van der Waals surface area contributed by atoms with Crippen molar-refractivity contribution in [3.05, 3.63) is 42.0 Å². The van der Waals surface area contributed by atoms with Crippen molar-refractivity contribution in [1.82, 2.24) is 0 Å². The molecule has 2 rings (SSSR count). The summed E-state index contributed by atoms with van der Waals surface area (Å²) in [6, 6.07) is 4.65. The van der Waals surface area contributed by atoms with Gasteiger partial charge in [0, 0.05) is 18.8 Å². The first-order chi connectivity index (χ1) is 14.1. The normalized spacial score (nSPS) is 19.3. The molecule has 2 nitrogen and oxygen atoms in total. The number of unbranched alkanes of at least 4 members (excludes halogenated alkanes) is 1. The summed E-state index contributed by atoms with van der Waals surface area (Å²) in [6.07, 6.45) is 22.9. The third-order valence-corrected chi connectivity index (χ3v) is 6.79. The minimum atomic E-state index is 0.378. The smallest absolute Gasteiger partial charge is 0.133 e. The van der Waals surface area contributed by atoms with Crippen LogP contribution in [0.2, 0.25) is 0 Å². The highest BCUT2D eigenvalue weighted by Crippen LogP contribution is 2.44. The number of benzene rings is 1. The van der Waals surface area contributed by atoms with E-state index in [-0.39, 0.29) is 0 Å². The Hall–Kier alpha value is -1.79. The van der Waals surface area contributed by atoms with Gasteiger partial charge in [0.05, 0.1) is 11.5 Å². The number of allylic oxidation sites excluding steroid dienone is 3. The van der Waals surface area contributed by atoms with Crippen LogP contribution in [-0.4, -0.2) is 26.0 Å². The first-order valence-electron chi connectivity index (χ1n) is 11.0. The van der Waals surface area contributed by atoms with E-state index in [4.69, 9.17) is 11.2 Å². The average molecular weight is 412 g/mol. The molecule has 0 bridgehead atoms. The molecule has 3 heteroatoms. The van der Waals surface area contributed by atoms with Gasteiger partial charge in [-0.05, 0) is 68.0 Å². The summed E-state index contributed by atoms with van der Waals surface area (Å²) < 4.78 is 5.96. The minimum absolute atomic E-state index is 0.378. The molecule has 0 fully saturated rings. The summed E-state index contributed by atoms with van der Waals surface area (Å²) >= 11 is 1.77. The van der Waals surface area contributed by atoms with Gasteiger partial charge in [0.2, 0.25) is 0 Å². The van der Waals surface area contributed by atoms with Crippen molar-refractivity contribution in [2.45, 2.75) is 64.2 Å². The zero-order valence-electron chi connectivity index (χ0n) is 18.7. The summed E-state index contributed by atoms with van der Waals surface area (Å²) in [5.74, 6) is 3.58. The monoisotopic (exact) mass is 411 g/mol. The number of hydrogen-bond acceptors (Lipinski definition) is 3. The Morgan fingerprint density at radius 2 is 2.10 bits per heavy atom. The first kappa shape index (κ1) is 23.5. The number of terminal acetylenes is 1. The molecule has 1 atom stereocenters. The second-order valence-electron chi connectivity index (χ2n) is 7.86. The zero-order chi connectivity index (χ0) is 21.1. The number of fused-ring (bicyclic) bond motifs is 1. The Balaban J connectivity index is 2.42. The molecule has 158 valence electrons. The Morgan fingerprint density at radius 1 is 1.28 bits per heavy atom. The molecular formula is C26H37NOS. The standard InChI is InChI=1S/C26H37NOS/c1-6-10-12-13-14-18-27-21-26(8-3,16-11-7-2)17-15-22-19-24(28-9-4)25(29-5)20-23(22)27/h1,10,12-14,19-20H,7-9,11,15-18,21H2,2-5H3/b12-10-,14-13-. The van der Waals surface area contributed by atoms with Crippen LogP contribution in [0.5, 0.6) is 5.75 Å². The van der Waals surface area contributed by atoms with Crippen LogP contribution in [0, 0.1) is 17.8 Å². The molecule has 0 amide bonds. The Bertz CT molecular complexity index is 746. The second-order valence-corrected chi connectivity index (χ2v) is 8.70. The molecule has 0 spiro atoms. The van der Waals surface area contributed by atoms with E-state index < -0.39 is 0 Å². The molecule has 29 heavy (non-hydrogen) atoms. The van der Waals surface area contributed by atoms with Crippen molar-refractivity contribution in [3.8, 4) is 18.1 Å². The van der Waals surface area contributed by atoms with Gasteiger partial charge in [0.1, 0.15) is 5.75 Å². The van der Waals surface area contributed by atoms with Crippen molar-refractivity contribution < 1.29 is 4.74 Å². The van der Waals surface area contributed by atoms with Crippen LogP contribution in [-0.2, 0) is 6.42 Å². The van der Waals surface area contributed by atoms with Gasteiger partial charge in [-0.25, -0.2) is 0 Å². The molecular weight excluding hydrogens is 374 g/mol.